The second-order valence-corrected chi connectivity index (χ2v) is 8.86. The molecule has 1 heterocycles. The Morgan fingerprint density at radius 2 is 1.81 bits per heavy atom. The van der Waals surface area contributed by atoms with Gasteiger partial charge in [-0.15, -0.1) is 10.2 Å². The van der Waals surface area contributed by atoms with Crippen molar-refractivity contribution < 1.29 is 8.42 Å². The second kappa shape index (κ2) is 7.09. The fourth-order valence-electron chi connectivity index (χ4n) is 3.03. The SMILES string of the molecule is CC(C)Cn1c(CC2CCCCCC2)nnc1S(=O)(=O)Cl. The fraction of sp³-hybridized carbons (Fsp3) is 0.857. The van der Waals surface area contributed by atoms with Gasteiger partial charge in [0.25, 0.3) is 14.2 Å². The predicted octanol–water partition coefficient (Wildman–Crippen LogP) is 3.37. The first-order chi connectivity index (χ1) is 9.88. The Morgan fingerprint density at radius 3 is 2.33 bits per heavy atom. The first kappa shape index (κ1) is 16.7. The van der Waals surface area contributed by atoms with Crippen LogP contribution in [0.25, 0.3) is 0 Å². The van der Waals surface area contributed by atoms with E-state index >= 15 is 0 Å². The molecule has 0 bridgehead atoms. The summed E-state index contributed by atoms with van der Waals surface area (Å²) in [5, 5.41) is 7.82. The summed E-state index contributed by atoms with van der Waals surface area (Å²) in [7, 11) is 1.63. The number of nitrogens with zero attached hydrogens (tertiary/aromatic N) is 3. The van der Waals surface area contributed by atoms with Crippen LogP contribution in [0.2, 0.25) is 0 Å². The summed E-state index contributed by atoms with van der Waals surface area (Å²) < 4.78 is 25.0. The van der Waals surface area contributed by atoms with Gasteiger partial charge in [0.1, 0.15) is 5.82 Å². The van der Waals surface area contributed by atoms with Crippen molar-refractivity contribution in [2.75, 3.05) is 0 Å². The number of halogens is 1. The van der Waals surface area contributed by atoms with Crippen LogP contribution in [0.5, 0.6) is 0 Å². The molecular weight excluding hydrogens is 310 g/mol. The van der Waals surface area contributed by atoms with Gasteiger partial charge in [-0.2, -0.15) is 0 Å². The summed E-state index contributed by atoms with van der Waals surface area (Å²) in [6, 6.07) is 0. The molecule has 120 valence electrons. The van der Waals surface area contributed by atoms with Crippen LogP contribution in [0.3, 0.4) is 0 Å². The molecule has 0 radical (unpaired) electrons. The molecule has 0 unspecified atom stereocenters. The van der Waals surface area contributed by atoms with Crippen molar-refractivity contribution >= 4 is 19.7 Å². The van der Waals surface area contributed by atoms with E-state index in [0.29, 0.717) is 18.4 Å². The molecule has 2 rings (SSSR count). The molecule has 0 saturated heterocycles. The molecule has 0 aromatic carbocycles. The van der Waals surface area contributed by atoms with Crippen molar-refractivity contribution in [2.45, 2.75) is 70.5 Å². The van der Waals surface area contributed by atoms with E-state index in [1.165, 1.54) is 38.5 Å². The van der Waals surface area contributed by atoms with Gasteiger partial charge in [0.15, 0.2) is 0 Å². The minimum atomic E-state index is -3.84. The van der Waals surface area contributed by atoms with Crippen LogP contribution in [0.4, 0.5) is 0 Å². The predicted molar refractivity (Wildman–Crippen MR) is 82.8 cm³/mol. The average Bonchev–Trinajstić information content (AvgIpc) is 2.59. The lowest BCUT2D eigenvalue weighted by Crippen LogP contribution is -2.16. The summed E-state index contributed by atoms with van der Waals surface area (Å²) in [6.45, 7) is 4.66. The van der Waals surface area contributed by atoms with Crippen LogP contribution in [-0.2, 0) is 22.0 Å². The highest BCUT2D eigenvalue weighted by Gasteiger charge is 2.25. The zero-order valence-electron chi connectivity index (χ0n) is 12.8. The van der Waals surface area contributed by atoms with Gasteiger partial charge in [0.2, 0.25) is 0 Å². The molecule has 0 spiro atoms. The lowest BCUT2D eigenvalue weighted by Gasteiger charge is -2.16. The quantitative estimate of drug-likeness (QED) is 0.612. The lowest BCUT2D eigenvalue weighted by molar-refractivity contribution is 0.416. The first-order valence-corrected chi connectivity index (χ1v) is 10.1. The Labute approximate surface area is 131 Å². The topological polar surface area (TPSA) is 64.8 Å². The summed E-state index contributed by atoms with van der Waals surface area (Å²) >= 11 is 0. The Hall–Kier alpha value is -0.620. The largest absolute Gasteiger partial charge is 0.301 e. The summed E-state index contributed by atoms with van der Waals surface area (Å²) in [6.07, 6.45) is 8.29. The summed E-state index contributed by atoms with van der Waals surface area (Å²) in [4.78, 5) is 0. The number of aromatic nitrogens is 3. The van der Waals surface area contributed by atoms with Gasteiger partial charge >= 0.3 is 0 Å². The third-order valence-corrected chi connectivity index (χ3v) is 5.16. The number of rotatable bonds is 5. The maximum atomic E-state index is 11.6. The van der Waals surface area contributed by atoms with Gasteiger partial charge in [0.05, 0.1) is 0 Å². The van der Waals surface area contributed by atoms with Crippen molar-refractivity contribution in [2.24, 2.45) is 11.8 Å². The normalized spacial score (nSPS) is 18.1. The van der Waals surface area contributed by atoms with E-state index in [0.717, 1.165) is 12.2 Å². The third kappa shape index (κ3) is 4.68. The summed E-state index contributed by atoms with van der Waals surface area (Å²) in [5.74, 6) is 1.65. The van der Waals surface area contributed by atoms with E-state index < -0.39 is 9.05 Å². The highest BCUT2D eigenvalue weighted by molar-refractivity contribution is 8.13. The molecule has 1 aromatic rings. The molecule has 1 saturated carbocycles. The van der Waals surface area contributed by atoms with Crippen molar-refractivity contribution in [1.82, 2.24) is 14.8 Å². The monoisotopic (exact) mass is 333 g/mol. The highest BCUT2D eigenvalue weighted by Crippen LogP contribution is 2.26. The molecular formula is C14H24ClN3O2S. The number of hydrogen-bond donors (Lipinski definition) is 0. The van der Waals surface area contributed by atoms with Crippen LogP contribution in [0.15, 0.2) is 5.16 Å². The Bertz CT molecular complexity index is 561. The minimum absolute atomic E-state index is 0.110. The lowest BCUT2D eigenvalue weighted by atomic mass is 9.96. The van der Waals surface area contributed by atoms with Gasteiger partial charge in [-0.3, -0.25) is 0 Å². The van der Waals surface area contributed by atoms with Crippen LogP contribution in [0.1, 0.15) is 58.2 Å². The Morgan fingerprint density at radius 1 is 1.19 bits per heavy atom. The summed E-state index contributed by atoms with van der Waals surface area (Å²) in [5.41, 5.74) is 0. The van der Waals surface area contributed by atoms with E-state index in [1.54, 1.807) is 4.57 Å². The van der Waals surface area contributed by atoms with Gasteiger partial charge in [-0.1, -0.05) is 52.4 Å². The highest BCUT2D eigenvalue weighted by atomic mass is 35.7. The molecule has 1 fully saturated rings. The Balaban J connectivity index is 2.23. The third-order valence-electron chi connectivity index (χ3n) is 4.01. The van der Waals surface area contributed by atoms with Crippen LogP contribution in [-0.4, -0.2) is 23.2 Å². The zero-order valence-corrected chi connectivity index (χ0v) is 14.3. The van der Waals surface area contributed by atoms with E-state index in [1.807, 2.05) is 13.8 Å². The molecule has 21 heavy (non-hydrogen) atoms. The standard InChI is InChI=1S/C14H24ClN3O2S/c1-11(2)10-18-13(16-17-14(18)21(15,19)20)9-12-7-5-3-4-6-8-12/h11-12H,3-10H2,1-2H3. The van der Waals surface area contributed by atoms with E-state index in [4.69, 9.17) is 10.7 Å². The molecule has 0 atom stereocenters. The van der Waals surface area contributed by atoms with Gasteiger partial charge in [-0.25, -0.2) is 8.42 Å². The molecule has 0 aliphatic heterocycles. The molecule has 1 aromatic heterocycles. The van der Waals surface area contributed by atoms with Crippen molar-refractivity contribution in [1.29, 1.82) is 0 Å². The van der Waals surface area contributed by atoms with E-state index in [2.05, 4.69) is 10.2 Å². The molecule has 1 aliphatic carbocycles. The molecule has 5 nitrogen and oxygen atoms in total. The molecule has 1 aliphatic rings. The van der Waals surface area contributed by atoms with Gasteiger partial charge < -0.3 is 4.57 Å². The maximum Gasteiger partial charge on any atom is 0.296 e. The second-order valence-electron chi connectivity index (χ2n) is 6.40. The zero-order chi connectivity index (χ0) is 15.5. The van der Waals surface area contributed by atoms with E-state index in [-0.39, 0.29) is 5.16 Å². The van der Waals surface area contributed by atoms with Crippen molar-refractivity contribution in [3.05, 3.63) is 5.82 Å². The first-order valence-electron chi connectivity index (χ1n) is 7.74. The molecule has 7 heteroatoms. The van der Waals surface area contributed by atoms with Crippen molar-refractivity contribution in [3.63, 3.8) is 0 Å². The molecule has 0 N–H and O–H groups in total. The number of hydrogen-bond acceptors (Lipinski definition) is 4. The smallest absolute Gasteiger partial charge is 0.296 e. The van der Waals surface area contributed by atoms with Crippen LogP contribution in [0, 0.1) is 11.8 Å². The van der Waals surface area contributed by atoms with Crippen LogP contribution >= 0.6 is 10.7 Å². The van der Waals surface area contributed by atoms with Gasteiger partial charge in [0, 0.05) is 23.6 Å². The molecule has 0 amide bonds. The van der Waals surface area contributed by atoms with Crippen LogP contribution < -0.4 is 0 Å². The fourth-order valence-corrected chi connectivity index (χ4v) is 3.95. The average molecular weight is 334 g/mol. The van der Waals surface area contributed by atoms with E-state index in [9.17, 15) is 8.42 Å². The van der Waals surface area contributed by atoms with Gasteiger partial charge in [-0.05, 0) is 11.8 Å². The van der Waals surface area contributed by atoms with Crippen molar-refractivity contribution in [3.8, 4) is 0 Å². The minimum Gasteiger partial charge on any atom is -0.301 e. The Kier molecular flexibility index (Phi) is 5.66. The maximum absolute atomic E-state index is 11.6.